The highest BCUT2D eigenvalue weighted by Gasteiger charge is 2.17. The summed E-state index contributed by atoms with van der Waals surface area (Å²) in [5.74, 6) is 1.07. The Bertz CT molecular complexity index is 774. The molecule has 0 aliphatic carbocycles. The van der Waals surface area contributed by atoms with Crippen LogP contribution in [0.4, 0.5) is 11.5 Å². The quantitative estimate of drug-likeness (QED) is 0.838. The maximum atomic E-state index is 12.6. The molecule has 0 spiro atoms. The van der Waals surface area contributed by atoms with E-state index in [0.717, 1.165) is 31.7 Å². The van der Waals surface area contributed by atoms with Gasteiger partial charge >= 0.3 is 0 Å². The summed E-state index contributed by atoms with van der Waals surface area (Å²) in [6.45, 7) is 3.72. The van der Waals surface area contributed by atoms with Crippen molar-refractivity contribution in [1.82, 2.24) is 9.97 Å². The lowest BCUT2D eigenvalue weighted by Crippen LogP contribution is -2.26. The molecular weight excluding hydrogens is 359 g/mol. The average molecular weight is 379 g/mol. The first-order valence-corrected chi connectivity index (χ1v) is 9.15. The Morgan fingerprint density at radius 2 is 1.80 bits per heavy atom. The number of nitrogens with one attached hydrogen (secondary N) is 1. The second kappa shape index (κ2) is 8.02. The predicted molar refractivity (Wildman–Crippen MR) is 102 cm³/mol. The Kier molecular flexibility index (Phi) is 5.76. The van der Waals surface area contributed by atoms with Crippen molar-refractivity contribution in [2.45, 2.75) is 32.6 Å². The number of anilines is 2. The van der Waals surface area contributed by atoms with Gasteiger partial charge in [0.1, 0.15) is 17.3 Å². The predicted octanol–water partition coefficient (Wildman–Crippen LogP) is 4.72. The van der Waals surface area contributed by atoms with Crippen LogP contribution < -0.4 is 10.2 Å². The van der Waals surface area contributed by atoms with Gasteiger partial charge in [0.25, 0.3) is 5.91 Å². The standard InChI is InChI=1S/C18H20Cl2N4O/c1-12-21-16(11-17(22-12)24-8-4-2-3-5-9-24)18(25)23-15-7-6-13(19)10-14(15)20/h6-7,10-11H,2-5,8-9H2,1H3,(H,23,25). The number of nitrogens with zero attached hydrogens (tertiary/aromatic N) is 3. The number of amides is 1. The molecule has 3 rings (SSSR count). The molecule has 1 aromatic heterocycles. The largest absolute Gasteiger partial charge is 0.356 e. The summed E-state index contributed by atoms with van der Waals surface area (Å²) in [5, 5.41) is 3.69. The number of carbonyl (C=O) groups is 1. The molecule has 25 heavy (non-hydrogen) atoms. The lowest BCUT2D eigenvalue weighted by Gasteiger charge is -2.22. The highest BCUT2D eigenvalue weighted by atomic mass is 35.5. The van der Waals surface area contributed by atoms with E-state index in [1.807, 2.05) is 0 Å². The summed E-state index contributed by atoms with van der Waals surface area (Å²) in [6.07, 6.45) is 4.77. The molecule has 1 aliphatic heterocycles. The van der Waals surface area contributed by atoms with Gasteiger partial charge in [-0.3, -0.25) is 4.79 Å². The molecule has 5 nitrogen and oxygen atoms in total. The molecule has 1 N–H and O–H groups in total. The first-order chi connectivity index (χ1) is 12.0. The molecule has 0 bridgehead atoms. The smallest absolute Gasteiger partial charge is 0.274 e. The zero-order valence-corrected chi connectivity index (χ0v) is 15.6. The Hall–Kier alpha value is -1.85. The molecule has 2 heterocycles. The third-order valence-electron chi connectivity index (χ3n) is 4.17. The summed E-state index contributed by atoms with van der Waals surface area (Å²) in [6, 6.07) is 6.69. The number of rotatable bonds is 3. The number of aromatic nitrogens is 2. The molecule has 1 amide bonds. The Morgan fingerprint density at radius 3 is 2.48 bits per heavy atom. The Labute approximate surface area is 157 Å². The third kappa shape index (κ3) is 4.61. The monoisotopic (exact) mass is 378 g/mol. The minimum absolute atomic E-state index is 0.314. The van der Waals surface area contributed by atoms with Gasteiger partial charge in [-0.2, -0.15) is 0 Å². The van der Waals surface area contributed by atoms with Gasteiger partial charge < -0.3 is 10.2 Å². The summed E-state index contributed by atoms with van der Waals surface area (Å²) in [5.41, 5.74) is 0.835. The van der Waals surface area contributed by atoms with Gasteiger partial charge in [0.05, 0.1) is 10.7 Å². The number of carbonyl (C=O) groups excluding carboxylic acids is 1. The second-order valence-electron chi connectivity index (χ2n) is 6.14. The van der Waals surface area contributed by atoms with Gasteiger partial charge in [0.2, 0.25) is 0 Å². The molecule has 1 saturated heterocycles. The first kappa shape index (κ1) is 18.0. The van der Waals surface area contributed by atoms with E-state index in [4.69, 9.17) is 23.2 Å². The highest BCUT2D eigenvalue weighted by molar-refractivity contribution is 6.36. The van der Waals surface area contributed by atoms with Crippen LogP contribution in [0.15, 0.2) is 24.3 Å². The first-order valence-electron chi connectivity index (χ1n) is 8.40. The fourth-order valence-corrected chi connectivity index (χ4v) is 3.36. The number of hydrogen-bond acceptors (Lipinski definition) is 4. The lowest BCUT2D eigenvalue weighted by atomic mass is 10.2. The summed E-state index contributed by atoms with van der Waals surface area (Å²) in [7, 11) is 0. The van der Waals surface area contributed by atoms with Gasteiger partial charge in [-0.1, -0.05) is 36.0 Å². The molecule has 0 saturated carbocycles. The number of aryl methyl sites for hydroxylation is 1. The van der Waals surface area contributed by atoms with Crippen LogP contribution in [0, 0.1) is 6.92 Å². The molecule has 0 unspecified atom stereocenters. The summed E-state index contributed by atoms with van der Waals surface area (Å²) >= 11 is 12.0. The van der Waals surface area contributed by atoms with Crippen molar-refractivity contribution in [3.63, 3.8) is 0 Å². The second-order valence-corrected chi connectivity index (χ2v) is 6.98. The topological polar surface area (TPSA) is 58.1 Å². The highest BCUT2D eigenvalue weighted by Crippen LogP contribution is 2.26. The van der Waals surface area contributed by atoms with Crippen LogP contribution in [-0.4, -0.2) is 29.0 Å². The average Bonchev–Trinajstić information content (AvgIpc) is 2.86. The maximum Gasteiger partial charge on any atom is 0.274 e. The molecule has 1 aromatic carbocycles. The minimum atomic E-state index is -0.314. The van der Waals surface area contributed by atoms with Gasteiger partial charge in [-0.05, 0) is 38.0 Å². The van der Waals surface area contributed by atoms with Crippen LogP contribution >= 0.6 is 23.2 Å². The molecule has 1 fully saturated rings. The number of benzene rings is 1. The normalized spacial score (nSPS) is 14.9. The maximum absolute atomic E-state index is 12.6. The van der Waals surface area contributed by atoms with E-state index in [1.54, 1.807) is 31.2 Å². The van der Waals surface area contributed by atoms with Crippen LogP contribution in [0.3, 0.4) is 0 Å². The van der Waals surface area contributed by atoms with Crippen molar-refractivity contribution in [1.29, 1.82) is 0 Å². The van der Waals surface area contributed by atoms with Crippen LogP contribution in [0.25, 0.3) is 0 Å². The lowest BCUT2D eigenvalue weighted by molar-refractivity contribution is 0.102. The van der Waals surface area contributed by atoms with E-state index >= 15 is 0 Å². The van der Waals surface area contributed by atoms with E-state index in [-0.39, 0.29) is 5.91 Å². The third-order valence-corrected chi connectivity index (χ3v) is 4.71. The summed E-state index contributed by atoms with van der Waals surface area (Å²) < 4.78 is 0. The summed E-state index contributed by atoms with van der Waals surface area (Å²) in [4.78, 5) is 23.6. The number of halogens is 2. The fourth-order valence-electron chi connectivity index (χ4n) is 2.91. The molecule has 2 aromatic rings. The van der Waals surface area contributed by atoms with Gasteiger partial charge in [-0.25, -0.2) is 9.97 Å². The molecule has 0 radical (unpaired) electrons. The zero-order valence-electron chi connectivity index (χ0n) is 14.1. The van der Waals surface area contributed by atoms with Crippen molar-refractivity contribution >= 4 is 40.6 Å². The van der Waals surface area contributed by atoms with E-state index in [0.29, 0.717) is 27.3 Å². The number of hydrogen-bond donors (Lipinski definition) is 1. The SMILES string of the molecule is Cc1nc(C(=O)Nc2ccc(Cl)cc2Cl)cc(N2CCCCCC2)n1. The van der Waals surface area contributed by atoms with E-state index in [1.165, 1.54) is 12.8 Å². The van der Waals surface area contributed by atoms with Gasteiger partial charge in [0.15, 0.2) is 0 Å². The van der Waals surface area contributed by atoms with Crippen molar-refractivity contribution in [3.05, 3.63) is 45.8 Å². The molecule has 0 atom stereocenters. The minimum Gasteiger partial charge on any atom is -0.356 e. The van der Waals surface area contributed by atoms with E-state index in [9.17, 15) is 4.79 Å². The molecule has 132 valence electrons. The van der Waals surface area contributed by atoms with E-state index in [2.05, 4.69) is 20.2 Å². The molecular formula is C18H20Cl2N4O. The Morgan fingerprint density at radius 1 is 1.08 bits per heavy atom. The van der Waals surface area contributed by atoms with Crippen LogP contribution in [0.1, 0.15) is 42.0 Å². The molecule has 7 heteroatoms. The zero-order chi connectivity index (χ0) is 17.8. The van der Waals surface area contributed by atoms with Crippen molar-refractivity contribution in [2.75, 3.05) is 23.3 Å². The van der Waals surface area contributed by atoms with Crippen LogP contribution in [0.2, 0.25) is 10.0 Å². The fraction of sp³-hybridized carbons (Fsp3) is 0.389. The van der Waals surface area contributed by atoms with Gasteiger partial charge in [0, 0.05) is 24.2 Å². The van der Waals surface area contributed by atoms with Crippen molar-refractivity contribution in [3.8, 4) is 0 Å². The van der Waals surface area contributed by atoms with Crippen molar-refractivity contribution < 1.29 is 4.79 Å². The molecule has 1 aliphatic rings. The van der Waals surface area contributed by atoms with Crippen LogP contribution in [-0.2, 0) is 0 Å². The van der Waals surface area contributed by atoms with E-state index < -0.39 is 0 Å². The Balaban J connectivity index is 1.82. The van der Waals surface area contributed by atoms with Gasteiger partial charge in [-0.15, -0.1) is 0 Å². The van der Waals surface area contributed by atoms with Crippen LogP contribution in [0.5, 0.6) is 0 Å². The van der Waals surface area contributed by atoms with Crippen molar-refractivity contribution in [2.24, 2.45) is 0 Å².